The molecule has 0 aliphatic heterocycles. The maximum Gasteiger partial charge on any atom is 0.0445 e. The normalized spacial score (nSPS) is 13.3. The Morgan fingerprint density at radius 3 is 2.75 bits per heavy atom. The lowest BCUT2D eigenvalue weighted by Gasteiger charge is -2.22. The molecule has 0 spiro atoms. The highest BCUT2D eigenvalue weighted by Crippen LogP contribution is 2.08. The van der Waals surface area contributed by atoms with Crippen LogP contribution in [0.1, 0.15) is 32.9 Å². The van der Waals surface area contributed by atoms with Crippen LogP contribution in [0.2, 0.25) is 0 Å². The Labute approximate surface area is 98.5 Å². The molecular weight excluding hydrogens is 200 g/mol. The zero-order chi connectivity index (χ0) is 12.0. The smallest absolute Gasteiger partial charge is 0.0445 e. The average Bonchev–Trinajstić information content (AvgIpc) is 2.71. The molecule has 0 bridgehead atoms. The fourth-order valence-electron chi connectivity index (χ4n) is 1.96. The Kier molecular flexibility index (Phi) is 5.56. The van der Waals surface area contributed by atoms with Crippen LogP contribution in [0.4, 0.5) is 0 Å². The number of nitrogens with one attached hydrogen (secondary N) is 1. The van der Waals surface area contributed by atoms with E-state index in [2.05, 4.69) is 49.0 Å². The van der Waals surface area contributed by atoms with Gasteiger partial charge in [0.15, 0.2) is 0 Å². The van der Waals surface area contributed by atoms with Crippen LogP contribution in [0.15, 0.2) is 18.3 Å². The molecule has 92 valence electrons. The molecule has 0 aliphatic rings. The van der Waals surface area contributed by atoms with Gasteiger partial charge in [-0.05, 0) is 31.4 Å². The highest BCUT2D eigenvalue weighted by molar-refractivity contribution is 5.06. The molecule has 3 nitrogen and oxygen atoms in total. The van der Waals surface area contributed by atoms with E-state index in [1.165, 1.54) is 5.69 Å². The van der Waals surface area contributed by atoms with Crippen molar-refractivity contribution in [3.05, 3.63) is 24.0 Å². The van der Waals surface area contributed by atoms with Crippen LogP contribution in [-0.4, -0.2) is 22.3 Å². The van der Waals surface area contributed by atoms with Crippen molar-refractivity contribution in [1.29, 1.82) is 0 Å². The first-order valence-corrected chi connectivity index (χ1v) is 6.17. The number of aliphatic hydroxyl groups excluding tert-OH is 1. The van der Waals surface area contributed by atoms with Crippen molar-refractivity contribution in [1.82, 2.24) is 9.88 Å². The molecule has 0 saturated heterocycles. The van der Waals surface area contributed by atoms with E-state index in [9.17, 15) is 0 Å². The minimum absolute atomic E-state index is 0.255. The molecule has 16 heavy (non-hydrogen) atoms. The zero-order valence-electron chi connectivity index (χ0n) is 10.6. The highest BCUT2D eigenvalue weighted by Gasteiger charge is 2.12. The summed E-state index contributed by atoms with van der Waals surface area (Å²) in [6.45, 7) is 8.67. The van der Waals surface area contributed by atoms with Gasteiger partial charge in [-0.1, -0.05) is 13.8 Å². The third kappa shape index (κ3) is 3.65. The molecule has 2 N–H and O–H groups in total. The molecule has 1 aromatic rings. The second kappa shape index (κ2) is 6.71. The first kappa shape index (κ1) is 13.3. The van der Waals surface area contributed by atoms with E-state index >= 15 is 0 Å². The molecule has 0 fully saturated rings. The van der Waals surface area contributed by atoms with E-state index in [0.29, 0.717) is 12.0 Å². The van der Waals surface area contributed by atoms with E-state index < -0.39 is 0 Å². The lowest BCUT2D eigenvalue weighted by atomic mass is 10.0. The van der Waals surface area contributed by atoms with E-state index in [1.54, 1.807) is 0 Å². The van der Waals surface area contributed by atoms with Crippen molar-refractivity contribution >= 4 is 0 Å². The number of aromatic nitrogens is 1. The van der Waals surface area contributed by atoms with Crippen LogP contribution < -0.4 is 5.32 Å². The third-order valence-corrected chi connectivity index (χ3v) is 3.05. The summed E-state index contributed by atoms with van der Waals surface area (Å²) in [5.74, 6) is 0.553. The van der Waals surface area contributed by atoms with Gasteiger partial charge < -0.3 is 15.0 Å². The van der Waals surface area contributed by atoms with Crippen LogP contribution in [0.5, 0.6) is 0 Å². The topological polar surface area (TPSA) is 37.2 Å². The van der Waals surface area contributed by atoms with Crippen LogP contribution in [-0.2, 0) is 13.1 Å². The molecule has 1 atom stereocenters. The summed E-state index contributed by atoms with van der Waals surface area (Å²) in [5, 5.41) is 12.5. The Morgan fingerprint density at radius 1 is 1.44 bits per heavy atom. The molecule has 3 heteroatoms. The fourth-order valence-corrected chi connectivity index (χ4v) is 1.96. The van der Waals surface area contributed by atoms with Gasteiger partial charge in [0.2, 0.25) is 0 Å². The average molecular weight is 224 g/mol. The summed E-state index contributed by atoms with van der Waals surface area (Å²) in [6.07, 6.45) is 2.93. The molecule has 1 unspecified atom stereocenters. The molecular formula is C13H24N2O. The number of rotatable bonds is 7. The summed E-state index contributed by atoms with van der Waals surface area (Å²) in [5.41, 5.74) is 1.31. The number of aliphatic hydroxyl groups is 1. The standard InChI is InChI=1S/C13H24N2O/c1-4-15-8-5-6-12(15)10-14-13(7-9-16)11(2)3/h5-6,8,11,13-14,16H,4,7,9-10H2,1-3H3. The molecule has 0 saturated carbocycles. The van der Waals surface area contributed by atoms with Crippen molar-refractivity contribution in [2.45, 2.75) is 46.3 Å². The largest absolute Gasteiger partial charge is 0.396 e. The zero-order valence-corrected chi connectivity index (χ0v) is 10.6. The first-order chi connectivity index (χ1) is 7.69. The van der Waals surface area contributed by atoms with Gasteiger partial charge in [0.05, 0.1) is 0 Å². The molecule has 1 aromatic heterocycles. The Bertz CT molecular complexity index is 294. The van der Waals surface area contributed by atoms with Crippen LogP contribution in [0.3, 0.4) is 0 Å². The Balaban J connectivity index is 2.48. The third-order valence-electron chi connectivity index (χ3n) is 3.05. The number of nitrogens with zero attached hydrogens (tertiary/aromatic N) is 1. The van der Waals surface area contributed by atoms with Crippen LogP contribution in [0.25, 0.3) is 0 Å². The predicted molar refractivity (Wildman–Crippen MR) is 67.3 cm³/mol. The second-order valence-electron chi connectivity index (χ2n) is 4.53. The molecule has 0 aliphatic carbocycles. The van der Waals surface area contributed by atoms with Crippen molar-refractivity contribution < 1.29 is 5.11 Å². The van der Waals surface area contributed by atoms with E-state index in [4.69, 9.17) is 5.11 Å². The van der Waals surface area contributed by atoms with Gasteiger partial charge in [0, 0.05) is 37.6 Å². The van der Waals surface area contributed by atoms with E-state index in [1.807, 2.05) is 0 Å². The molecule has 0 radical (unpaired) electrons. The molecule has 1 heterocycles. The van der Waals surface area contributed by atoms with Gasteiger partial charge in [0.1, 0.15) is 0 Å². The van der Waals surface area contributed by atoms with Gasteiger partial charge in [-0.15, -0.1) is 0 Å². The summed E-state index contributed by atoms with van der Waals surface area (Å²) >= 11 is 0. The van der Waals surface area contributed by atoms with Crippen molar-refractivity contribution in [3.63, 3.8) is 0 Å². The lowest BCUT2D eigenvalue weighted by Crippen LogP contribution is -2.34. The van der Waals surface area contributed by atoms with Gasteiger partial charge in [-0.2, -0.15) is 0 Å². The van der Waals surface area contributed by atoms with Crippen LogP contribution >= 0.6 is 0 Å². The minimum atomic E-state index is 0.255. The maximum absolute atomic E-state index is 9.00. The van der Waals surface area contributed by atoms with Crippen molar-refractivity contribution in [3.8, 4) is 0 Å². The van der Waals surface area contributed by atoms with Crippen molar-refractivity contribution in [2.24, 2.45) is 5.92 Å². The molecule has 1 rings (SSSR count). The molecule has 0 amide bonds. The summed E-state index contributed by atoms with van der Waals surface area (Å²) in [4.78, 5) is 0. The van der Waals surface area contributed by atoms with Gasteiger partial charge in [-0.25, -0.2) is 0 Å². The number of hydrogen-bond donors (Lipinski definition) is 2. The monoisotopic (exact) mass is 224 g/mol. The predicted octanol–water partition coefficient (Wildman–Crippen LogP) is 2.00. The van der Waals surface area contributed by atoms with Gasteiger partial charge >= 0.3 is 0 Å². The van der Waals surface area contributed by atoms with Crippen molar-refractivity contribution in [2.75, 3.05) is 6.61 Å². The summed E-state index contributed by atoms with van der Waals surface area (Å²) < 4.78 is 2.24. The highest BCUT2D eigenvalue weighted by atomic mass is 16.3. The maximum atomic E-state index is 9.00. The summed E-state index contributed by atoms with van der Waals surface area (Å²) in [6, 6.07) is 4.62. The van der Waals surface area contributed by atoms with E-state index in [-0.39, 0.29) is 6.61 Å². The molecule has 0 aromatic carbocycles. The second-order valence-corrected chi connectivity index (χ2v) is 4.53. The Hall–Kier alpha value is -0.800. The fraction of sp³-hybridized carbons (Fsp3) is 0.692. The van der Waals surface area contributed by atoms with Gasteiger partial charge in [0.25, 0.3) is 0 Å². The SMILES string of the molecule is CCn1cccc1CNC(CCO)C(C)C. The van der Waals surface area contributed by atoms with Gasteiger partial charge in [-0.3, -0.25) is 0 Å². The Morgan fingerprint density at radius 2 is 2.19 bits per heavy atom. The number of hydrogen-bond acceptors (Lipinski definition) is 2. The lowest BCUT2D eigenvalue weighted by molar-refractivity contribution is 0.243. The minimum Gasteiger partial charge on any atom is -0.396 e. The summed E-state index contributed by atoms with van der Waals surface area (Å²) in [7, 11) is 0. The van der Waals surface area contributed by atoms with E-state index in [0.717, 1.165) is 19.5 Å². The van der Waals surface area contributed by atoms with Crippen LogP contribution in [0, 0.1) is 5.92 Å². The number of aryl methyl sites for hydroxylation is 1. The first-order valence-electron chi connectivity index (χ1n) is 6.17. The quantitative estimate of drug-likeness (QED) is 0.743.